The Kier molecular flexibility index (Phi) is 4.76. The Bertz CT molecular complexity index is 128. The Morgan fingerprint density at radius 2 is 2.18 bits per heavy atom. The third-order valence-electron chi connectivity index (χ3n) is 1.24. The summed E-state index contributed by atoms with van der Waals surface area (Å²) in [6.45, 7) is 1.19. The lowest BCUT2D eigenvalue weighted by Gasteiger charge is -2.11. The molecule has 0 radical (unpaired) electrons. The van der Waals surface area contributed by atoms with Crippen LogP contribution in [0.4, 0.5) is 0 Å². The van der Waals surface area contributed by atoms with Gasteiger partial charge in [-0.2, -0.15) is 0 Å². The van der Waals surface area contributed by atoms with Crippen LogP contribution < -0.4 is 5.32 Å². The predicted molar refractivity (Wildman–Crippen MR) is 38.2 cm³/mol. The van der Waals surface area contributed by atoms with Crippen molar-refractivity contribution in [2.75, 3.05) is 13.2 Å². The van der Waals surface area contributed by atoms with Gasteiger partial charge in [-0.05, 0) is 6.92 Å². The van der Waals surface area contributed by atoms with Crippen molar-refractivity contribution in [3.63, 3.8) is 0 Å². The summed E-state index contributed by atoms with van der Waals surface area (Å²) in [6, 6.07) is -0.698. The molecule has 2 unspecified atom stereocenters. The van der Waals surface area contributed by atoms with Gasteiger partial charge in [0.1, 0.15) is 6.04 Å². The van der Waals surface area contributed by atoms with Gasteiger partial charge in [0, 0.05) is 6.54 Å². The number of carbonyl (C=O) groups is 1. The number of rotatable bonds is 5. The summed E-state index contributed by atoms with van der Waals surface area (Å²) in [6.07, 6.45) is -0.892. The first-order valence-electron chi connectivity index (χ1n) is 3.33. The minimum atomic E-state index is -0.977. The van der Waals surface area contributed by atoms with Gasteiger partial charge in [0.2, 0.25) is 0 Å². The molecule has 0 rings (SSSR count). The fourth-order valence-electron chi connectivity index (χ4n) is 0.465. The molecule has 66 valence electrons. The number of aliphatic hydroxyl groups is 2. The molecule has 2 atom stereocenters. The average molecular weight is 163 g/mol. The van der Waals surface area contributed by atoms with Gasteiger partial charge in [0.05, 0.1) is 12.7 Å². The lowest BCUT2D eigenvalue weighted by atomic mass is 10.3. The van der Waals surface area contributed by atoms with E-state index < -0.39 is 18.1 Å². The van der Waals surface area contributed by atoms with Crippen LogP contribution in [0.1, 0.15) is 6.92 Å². The van der Waals surface area contributed by atoms with Gasteiger partial charge in [-0.25, -0.2) is 0 Å². The average Bonchev–Trinajstić information content (AvgIpc) is 1.99. The van der Waals surface area contributed by atoms with Gasteiger partial charge in [0.25, 0.3) is 0 Å². The van der Waals surface area contributed by atoms with Gasteiger partial charge in [-0.3, -0.25) is 4.79 Å². The molecule has 5 nitrogen and oxygen atoms in total. The first kappa shape index (κ1) is 10.3. The van der Waals surface area contributed by atoms with Gasteiger partial charge in [-0.1, -0.05) is 0 Å². The van der Waals surface area contributed by atoms with Crippen molar-refractivity contribution in [2.45, 2.75) is 19.1 Å². The van der Waals surface area contributed by atoms with E-state index in [4.69, 9.17) is 15.3 Å². The Morgan fingerprint density at radius 1 is 1.64 bits per heavy atom. The van der Waals surface area contributed by atoms with E-state index in [1.165, 1.54) is 6.92 Å². The highest BCUT2D eigenvalue weighted by molar-refractivity contribution is 5.72. The van der Waals surface area contributed by atoms with E-state index in [2.05, 4.69) is 5.32 Å². The fraction of sp³-hybridized carbons (Fsp3) is 0.833. The van der Waals surface area contributed by atoms with Gasteiger partial charge < -0.3 is 20.6 Å². The highest BCUT2D eigenvalue weighted by atomic mass is 16.4. The van der Waals surface area contributed by atoms with Crippen LogP contribution in [0.3, 0.4) is 0 Å². The molecule has 0 aliphatic rings. The Morgan fingerprint density at radius 3 is 2.55 bits per heavy atom. The third-order valence-corrected chi connectivity index (χ3v) is 1.24. The van der Waals surface area contributed by atoms with Crippen LogP contribution in [0.2, 0.25) is 0 Å². The van der Waals surface area contributed by atoms with E-state index in [1.807, 2.05) is 0 Å². The SMILES string of the molecule is CC(NCC(O)CO)C(=O)O. The predicted octanol–water partition coefficient (Wildman–Crippen LogP) is -1.60. The van der Waals surface area contributed by atoms with Gasteiger partial charge in [0.15, 0.2) is 0 Å². The topological polar surface area (TPSA) is 89.8 Å². The second kappa shape index (κ2) is 5.06. The van der Waals surface area contributed by atoms with Crippen LogP contribution in [-0.2, 0) is 4.79 Å². The zero-order chi connectivity index (χ0) is 8.85. The minimum Gasteiger partial charge on any atom is -0.480 e. The molecule has 0 amide bonds. The number of carboxylic acids is 1. The van der Waals surface area contributed by atoms with Crippen LogP contribution >= 0.6 is 0 Å². The lowest BCUT2D eigenvalue weighted by molar-refractivity contribution is -0.139. The monoisotopic (exact) mass is 163 g/mol. The van der Waals surface area contributed by atoms with Crippen LogP contribution in [0.5, 0.6) is 0 Å². The molecule has 0 aliphatic carbocycles. The summed E-state index contributed by atoms with van der Waals surface area (Å²) in [5, 5.41) is 28.0. The van der Waals surface area contributed by atoms with Crippen molar-refractivity contribution in [1.82, 2.24) is 5.32 Å². The normalized spacial score (nSPS) is 15.9. The largest absolute Gasteiger partial charge is 0.480 e. The number of aliphatic carboxylic acids is 1. The van der Waals surface area contributed by atoms with E-state index in [-0.39, 0.29) is 13.2 Å². The first-order valence-corrected chi connectivity index (χ1v) is 3.33. The molecule has 4 N–H and O–H groups in total. The van der Waals surface area contributed by atoms with Crippen LogP contribution in [0.15, 0.2) is 0 Å². The van der Waals surface area contributed by atoms with Crippen molar-refractivity contribution in [3.8, 4) is 0 Å². The molecule has 0 fully saturated rings. The van der Waals surface area contributed by atoms with Crippen LogP contribution in [0.25, 0.3) is 0 Å². The maximum atomic E-state index is 10.2. The standard InChI is InChI=1S/C6H13NO4/c1-4(6(10)11)7-2-5(9)3-8/h4-5,7-9H,2-3H2,1H3,(H,10,11). The van der Waals surface area contributed by atoms with E-state index in [0.29, 0.717) is 0 Å². The quantitative estimate of drug-likeness (QED) is 0.392. The first-order chi connectivity index (χ1) is 5.07. The number of hydrogen-bond donors (Lipinski definition) is 4. The van der Waals surface area contributed by atoms with E-state index in [1.54, 1.807) is 0 Å². The fourth-order valence-corrected chi connectivity index (χ4v) is 0.465. The third kappa shape index (κ3) is 4.72. The van der Waals surface area contributed by atoms with Gasteiger partial charge in [-0.15, -0.1) is 0 Å². The van der Waals surface area contributed by atoms with Gasteiger partial charge >= 0.3 is 5.97 Å². The summed E-state index contributed by atoms with van der Waals surface area (Å²) < 4.78 is 0. The molecule has 0 aromatic rings. The van der Waals surface area contributed by atoms with Crippen molar-refractivity contribution < 1.29 is 20.1 Å². The number of nitrogens with one attached hydrogen (secondary N) is 1. The van der Waals surface area contributed by atoms with E-state index >= 15 is 0 Å². The molecule has 5 heteroatoms. The molecule has 0 bridgehead atoms. The highest BCUT2D eigenvalue weighted by Gasteiger charge is 2.11. The molecule has 0 saturated carbocycles. The summed E-state index contributed by atoms with van der Waals surface area (Å²) >= 11 is 0. The van der Waals surface area contributed by atoms with E-state index in [0.717, 1.165) is 0 Å². The van der Waals surface area contributed by atoms with E-state index in [9.17, 15) is 4.79 Å². The summed E-state index contributed by atoms with van der Waals surface area (Å²) in [7, 11) is 0. The Labute approximate surface area is 64.7 Å². The number of aliphatic hydroxyl groups excluding tert-OH is 2. The molecular formula is C6H13NO4. The molecule has 11 heavy (non-hydrogen) atoms. The molecular weight excluding hydrogens is 150 g/mol. The number of carboxylic acid groups (broad SMARTS) is 1. The molecule has 0 aliphatic heterocycles. The second-order valence-electron chi connectivity index (χ2n) is 2.30. The van der Waals surface area contributed by atoms with Crippen molar-refractivity contribution in [2.24, 2.45) is 0 Å². The summed E-state index contributed by atoms with van der Waals surface area (Å²) in [4.78, 5) is 10.2. The van der Waals surface area contributed by atoms with Crippen LogP contribution in [0, 0.1) is 0 Å². The Balaban J connectivity index is 3.45. The lowest BCUT2D eigenvalue weighted by Crippen LogP contribution is -2.39. The van der Waals surface area contributed by atoms with Crippen LogP contribution in [-0.4, -0.2) is 46.6 Å². The molecule has 0 spiro atoms. The molecule has 0 aromatic carbocycles. The minimum absolute atomic E-state index is 0.0873. The number of hydrogen-bond acceptors (Lipinski definition) is 4. The zero-order valence-corrected chi connectivity index (χ0v) is 6.32. The van der Waals surface area contributed by atoms with Crippen molar-refractivity contribution in [3.05, 3.63) is 0 Å². The summed E-state index contributed by atoms with van der Waals surface area (Å²) in [5.41, 5.74) is 0. The van der Waals surface area contributed by atoms with Crippen molar-refractivity contribution in [1.29, 1.82) is 0 Å². The molecule has 0 saturated heterocycles. The smallest absolute Gasteiger partial charge is 0.320 e. The maximum absolute atomic E-state index is 10.2. The second-order valence-corrected chi connectivity index (χ2v) is 2.30. The zero-order valence-electron chi connectivity index (χ0n) is 6.32. The van der Waals surface area contributed by atoms with Crippen molar-refractivity contribution >= 4 is 5.97 Å². The molecule has 0 heterocycles. The molecule has 0 aromatic heterocycles. The highest BCUT2D eigenvalue weighted by Crippen LogP contribution is 1.83. The summed E-state index contributed by atoms with van der Waals surface area (Å²) in [5.74, 6) is -0.977. The Hall–Kier alpha value is -0.650. The maximum Gasteiger partial charge on any atom is 0.320 e.